The minimum atomic E-state index is 0.141. The van der Waals surface area contributed by atoms with E-state index in [1.807, 2.05) is 24.3 Å². The number of amidine groups is 1. The molecule has 1 aliphatic heterocycles. The van der Waals surface area contributed by atoms with E-state index >= 15 is 0 Å². The Balaban J connectivity index is 1.85. The van der Waals surface area contributed by atoms with E-state index in [0.717, 1.165) is 43.7 Å². The predicted molar refractivity (Wildman–Crippen MR) is 78.8 cm³/mol. The summed E-state index contributed by atoms with van der Waals surface area (Å²) < 4.78 is 5.68. The summed E-state index contributed by atoms with van der Waals surface area (Å²) >= 11 is 0. The molecule has 1 aromatic rings. The van der Waals surface area contributed by atoms with Crippen LogP contribution in [0.2, 0.25) is 0 Å². The summed E-state index contributed by atoms with van der Waals surface area (Å²) in [4.78, 5) is 0. The first-order chi connectivity index (χ1) is 9.74. The van der Waals surface area contributed by atoms with E-state index in [-0.39, 0.29) is 5.84 Å². The average molecular weight is 277 g/mol. The van der Waals surface area contributed by atoms with Crippen LogP contribution in [0.25, 0.3) is 0 Å². The van der Waals surface area contributed by atoms with Gasteiger partial charge < -0.3 is 21.0 Å². The Kier molecular flexibility index (Phi) is 5.38. The third kappa shape index (κ3) is 3.71. The molecular weight excluding hydrogens is 254 g/mol. The molecule has 1 saturated heterocycles. The van der Waals surface area contributed by atoms with E-state index in [0.29, 0.717) is 12.0 Å². The van der Waals surface area contributed by atoms with Crippen LogP contribution >= 0.6 is 0 Å². The van der Waals surface area contributed by atoms with E-state index < -0.39 is 0 Å². The van der Waals surface area contributed by atoms with Gasteiger partial charge in [-0.1, -0.05) is 30.3 Å². The molecule has 1 aliphatic rings. The van der Waals surface area contributed by atoms with Gasteiger partial charge in [0.15, 0.2) is 5.84 Å². The molecule has 0 radical (unpaired) electrons. The molecule has 5 nitrogen and oxygen atoms in total. The van der Waals surface area contributed by atoms with Crippen molar-refractivity contribution in [3.8, 4) is 0 Å². The van der Waals surface area contributed by atoms with Crippen molar-refractivity contribution >= 4 is 5.84 Å². The standard InChI is InChI=1S/C15H23N3O2/c1-2-14-13(6-7-20-14)10-17-9-11-4-3-5-12(8-11)15(16)18-19/h3-5,8,13-14,17,19H,2,6-7,9-10H2,1H3,(H2,16,18). The highest BCUT2D eigenvalue weighted by Crippen LogP contribution is 2.22. The van der Waals surface area contributed by atoms with Gasteiger partial charge in [-0.15, -0.1) is 0 Å². The first-order valence-electron chi connectivity index (χ1n) is 7.13. The Morgan fingerprint density at radius 1 is 1.55 bits per heavy atom. The fourth-order valence-corrected chi connectivity index (χ4v) is 2.68. The Morgan fingerprint density at radius 2 is 2.40 bits per heavy atom. The van der Waals surface area contributed by atoms with Crippen molar-refractivity contribution in [3.63, 3.8) is 0 Å². The molecule has 0 saturated carbocycles. The molecule has 1 heterocycles. The Labute approximate surface area is 119 Å². The molecule has 2 atom stereocenters. The summed E-state index contributed by atoms with van der Waals surface area (Å²) in [6, 6.07) is 7.71. The first-order valence-corrected chi connectivity index (χ1v) is 7.13. The number of oxime groups is 1. The van der Waals surface area contributed by atoms with E-state index in [1.165, 1.54) is 0 Å². The summed E-state index contributed by atoms with van der Waals surface area (Å²) in [5.74, 6) is 0.745. The molecule has 1 aromatic carbocycles. The fourth-order valence-electron chi connectivity index (χ4n) is 2.68. The average Bonchev–Trinajstić information content (AvgIpc) is 2.94. The van der Waals surface area contributed by atoms with Crippen LogP contribution in [0, 0.1) is 5.92 Å². The van der Waals surface area contributed by atoms with E-state index in [4.69, 9.17) is 15.7 Å². The molecule has 20 heavy (non-hydrogen) atoms. The van der Waals surface area contributed by atoms with E-state index in [9.17, 15) is 0 Å². The normalized spacial score (nSPS) is 23.1. The lowest BCUT2D eigenvalue weighted by Crippen LogP contribution is -2.28. The minimum Gasteiger partial charge on any atom is -0.409 e. The quantitative estimate of drug-likeness (QED) is 0.320. The van der Waals surface area contributed by atoms with Gasteiger partial charge in [-0.2, -0.15) is 0 Å². The summed E-state index contributed by atoms with van der Waals surface area (Å²) in [6.07, 6.45) is 2.60. The monoisotopic (exact) mass is 277 g/mol. The smallest absolute Gasteiger partial charge is 0.170 e. The van der Waals surface area contributed by atoms with Crippen molar-refractivity contribution < 1.29 is 9.94 Å². The van der Waals surface area contributed by atoms with Gasteiger partial charge in [0.25, 0.3) is 0 Å². The van der Waals surface area contributed by atoms with Crippen molar-refractivity contribution in [2.75, 3.05) is 13.2 Å². The van der Waals surface area contributed by atoms with Crippen LogP contribution in [-0.2, 0) is 11.3 Å². The predicted octanol–water partition coefficient (Wildman–Crippen LogP) is 1.69. The van der Waals surface area contributed by atoms with Gasteiger partial charge in [-0.3, -0.25) is 0 Å². The second kappa shape index (κ2) is 7.26. The number of hydrogen-bond acceptors (Lipinski definition) is 4. The van der Waals surface area contributed by atoms with Crippen LogP contribution in [0.4, 0.5) is 0 Å². The highest BCUT2D eigenvalue weighted by Gasteiger charge is 2.25. The molecule has 4 N–H and O–H groups in total. The largest absolute Gasteiger partial charge is 0.409 e. The zero-order valence-corrected chi connectivity index (χ0v) is 11.9. The van der Waals surface area contributed by atoms with Crippen molar-refractivity contribution in [1.29, 1.82) is 0 Å². The van der Waals surface area contributed by atoms with Gasteiger partial charge >= 0.3 is 0 Å². The highest BCUT2D eigenvalue weighted by molar-refractivity contribution is 5.97. The summed E-state index contributed by atoms with van der Waals surface area (Å²) in [5, 5.41) is 15.2. The number of nitrogens with one attached hydrogen (secondary N) is 1. The Hall–Kier alpha value is -1.59. The number of nitrogens with zero attached hydrogens (tertiary/aromatic N) is 1. The Morgan fingerprint density at radius 3 is 3.15 bits per heavy atom. The van der Waals surface area contributed by atoms with Crippen LogP contribution in [0.5, 0.6) is 0 Å². The van der Waals surface area contributed by atoms with Gasteiger partial charge in [0, 0.05) is 25.3 Å². The minimum absolute atomic E-state index is 0.141. The second-order valence-corrected chi connectivity index (χ2v) is 5.18. The molecule has 0 bridgehead atoms. The number of benzene rings is 1. The van der Waals surface area contributed by atoms with Gasteiger partial charge in [-0.05, 0) is 30.4 Å². The maximum absolute atomic E-state index is 8.69. The summed E-state index contributed by atoms with van der Waals surface area (Å²) in [7, 11) is 0. The number of ether oxygens (including phenoxy) is 1. The molecule has 0 spiro atoms. The fraction of sp³-hybridized carbons (Fsp3) is 0.533. The van der Waals surface area contributed by atoms with Crippen LogP contribution < -0.4 is 11.1 Å². The molecule has 2 unspecified atom stereocenters. The van der Waals surface area contributed by atoms with Crippen LogP contribution in [-0.4, -0.2) is 30.3 Å². The summed E-state index contributed by atoms with van der Waals surface area (Å²) in [6.45, 7) is 4.79. The van der Waals surface area contributed by atoms with Gasteiger partial charge in [0.2, 0.25) is 0 Å². The SMILES string of the molecule is CCC1OCCC1CNCc1cccc(/C(N)=N/O)c1. The third-order valence-electron chi connectivity index (χ3n) is 3.81. The molecule has 0 amide bonds. The topological polar surface area (TPSA) is 79.9 Å². The first kappa shape index (κ1) is 14.8. The third-order valence-corrected chi connectivity index (χ3v) is 3.81. The van der Waals surface area contributed by atoms with Gasteiger partial charge in [-0.25, -0.2) is 0 Å². The Bertz CT molecular complexity index is 462. The molecule has 5 heteroatoms. The van der Waals surface area contributed by atoms with E-state index in [1.54, 1.807) is 0 Å². The van der Waals surface area contributed by atoms with E-state index in [2.05, 4.69) is 17.4 Å². The highest BCUT2D eigenvalue weighted by atomic mass is 16.5. The molecule has 0 aliphatic carbocycles. The van der Waals surface area contributed by atoms with Crippen molar-refractivity contribution in [1.82, 2.24) is 5.32 Å². The molecule has 1 fully saturated rings. The van der Waals surface area contributed by atoms with Crippen LogP contribution in [0.15, 0.2) is 29.4 Å². The lowest BCUT2D eigenvalue weighted by molar-refractivity contribution is 0.0872. The molecule has 0 aromatic heterocycles. The lowest BCUT2D eigenvalue weighted by Gasteiger charge is -2.17. The zero-order chi connectivity index (χ0) is 14.4. The summed E-state index contributed by atoms with van der Waals surface area (Å²) in [5.41, 5.74) is 7.45. The molecular formula is C15H23N3O2. The molecule has 2 rings (SSSR count). The number of nitrogens with two attached hydrogens (primary N) is 1. The number of rotatable bonds is 6. The molecule has 110 valence electrons. The van der Waals surface area contributed by atoms with Crippen molar-refractivity contribution in [2.45, 2.75) is 32.4 Å². The maximum Gasteiger partial charge on any atom is 0.170 e. The van der Waals surface area contributed by atoms with Crippen LogP contribution in [0.3, 0.4) is 0 Å². The lowest BCUT2D eigenvalue weighted by atomic mass is 9.99. The van der Waals surface area contributed by atoms with Gasteiger partial charge in [0.1, 0.15) is 0 Å². The van der Waals surface area contributed by atoms with Crippen molar-refractivity contribution in [3.05, 3.63) is 35.4 Å². The van der Waals surface area contributed by atoms with Crippen molar-refractivity contribution in [2.24, 2.45) is 16.8 Å². The van der Waals surface area contributed by atoms with Crippen LogP contribution in [0.1, 0.15) is 30.9 Å². The zero-order valence-electron chi connectivity index (χ0n) is 11.9. The number of hydrogen-bond donors (Lipinski definition) is 3. The maximum atomic E-state index is 8.69. The second-order valence-electron chi connectivity index (χ2n) is 5.18. The van der Waals surface area contributed by atoms with Gasteiger partial charge in [0.05, 0.1) is 6.10 Å².